The number of nitrogens with zero attached hydrogens (tertiary/aromatic N) is 2. The zero-order chi connectivity index (χ0) is 21.1. The van der Waals surface area contributed by atoms with Gasteiger partial charge in [0.15, 0.2) is 5.82 Å². The summed E-state index contributed by atoms with van der Waals surface area (Å²) in [6.45, 7) is 4.10. The molecule has 8 nitrogen and oxygen atoms in total. The number of hydrogen-bond acceptors (Lipinski definition) is 6. The minimum Gasteiger partial charge on any atom is -0.446 e. The van der Waals surface area contributed by atoms with E-state index < -0.39 is 0 Å². The Morgan fingerprint density at radius 2 is 2.17 bits per heavy atom. The number of carbonyl (C=O) groups is 2. The fourth-order valence-corrected chi connectivity index (χ4v) is 5.26. The third-order valence-corrected chi connectivity index (χ3v) is 7.04. The minimum atomic E-state index is -0.296. The molecule has 2 aliphatic rings. The van der Waals surface area contributed by atoms with Crippen LogP contribution in [0.1, 0.15) is 66.9 Å². The van der Waals surface area contributed by atoms with E-state index in [-0.39, 0.29) is 30.1 Å². The number of aromatic nitrogens is 3. The van der Waals surface area contributed by atoms with E-state index in [1.54, 1.807) is 6.20 Å². The molecule has 0 aliphatic heterocycles. The molecule has 30 heavy (non-hydrogen) atoms. The molecule has 2 saturated carbocycles. The highest BCUT2D eigenvalue weighted by molar-refractivity contribution is 7.11. The summed E-state index contributed by atoms with van der Waals surface area (Å²) in [6, 6.07) is 2.12. The first kappa shape index (κ1) is 20.8. The minimum absolute atomic E-state index is 0.0809. The molecular weight excluding hydrogens is 402 g/mol. The first-order chi connectivity index (χ1) is 14.5. The summed E-state index contributed by atoms with van der Waals surface area (Å²) in [5, 5.41) is 14.1. The average molecular weight is 432 g/mol. The van der Waals surface area contributed by atoms with E-state index in [1.807, 2.05) is 13.0 Å². The van der Waals surface area contributed by atoms with E-state index >= 15 is 0 Å². The molecule has 4 rings (SSSR count). The van der Waals surface area contributed by atoms with Gasteiger partial charge in [-0.2, -0.15) is 5.10 Å². The van der Waals surface area contributed by atoms with Crippen molar-refractivity contribution in [1.29, 1.82) is 0 Å². The number of hydrogen-bond donors (Lipinski definition) is 3. The molecule has 2 heterocycles. The highest BCUT2D eigenvalue weighted by Crippen LogP contribution is 2.36. The molecule has 2 amide bonds. The summed E-state index contributed by atoms with van der Waals surface area (Å²) in [4.78, 5) is 29.5. The number of anilines is 1. The normalized spacial score (nSPS) is 25.9. The molecule has 2 aromatic heterocycles. The summed E-state index contributed by atoms with van der Waals surface area (Å²) >= 11 is 1.52. The van der Waals surface area contributed by atoms with Crippen LogP contribution in [0.4, 0.5) is 10.6 Å². The third-order valence-electron chi connectivity index (χ3n) is 6.13. The van der Waals surface area contributed by atoms with Crippen LogP contribution in [0.25, 0.3) is 0 Å². The standard InChI is InChI=1S/C21H29N5O3S/c1-12-4-3-5-17(12)23-21(28)29-15-7-6-14(8-15)18-10-19(26-25-18)24-20(27)9-16-11-22-13(2)30-16/h10-12,14-15,17H,3-9H2,1-2H3,(H,23,28)(H2,24,25,26,27)/t12-,14-,15+,17+/m0/s1. The van der Waals surface area contributed by atoms with Gasteiger partial charge in [-0.3, -0.25) is 9.89 Å². The van der Waals surface area contributed by atoms with Crippen molar-refractivity contribution in [3.05, 3.63) is 27.8 Å². The zero-order valence-electron chi connectivity index (χ0n) is 17.4. The zero-order valence-corrected chi connectivity index (χ0v) is 18.3. The van der Waals surface area contributed by atoms with Crippen LogP contribution in [0.2, 0.25) is 0 Å². The lowest BCUT2D eigenvalue weighted by Gasteiger charge is -2.19. The van der Waals surface area contributed by atoms with Crippen molar-refractivity contribution in [3.8, 4) is 0 Å². The molecule has 2 aliphatic carbocycles. The smallest absolute Gasteiger partial charge is 0.407 e. The van der Waals surface area contributed by atoms with Gasteiger partial charge in [-0.05, 0) is 44.9 Å². The predicted octanol–water partition coefficient (Wildman–Crippen LogP) is 3.91. The molecular formula is C21H29N5O3S. The summed E-state index contributed by atoms with van der Waals surface area (Å²) in [7, 11) is 0. The van der Waals surface area contributed by atoms with E-state index in [0.29, 0.717) is 18.2 Å². The van der Waals surface area contributed by atoms with Gasteiger partial charge >= 0.3 is 6.09 Å². The van der Waals surface area contributed by atoms with Crippen LogP contribution in [-0.4, -0.2) is 39.3 Å². The van der Waals surface area contributed by atoms with E-state index in [1.165, 1.54) is 24.2 Å². The molecule has 3 N–H and O–H groups in total. The van der Waals surface area contributed by atoms with Crippen molar-refractivity contribution < 1.29 is 14.3 Å². The molecule has 0 saturated heterocycles. The number of rotatable bonds is 6. The topological polar surface area (TPSA) is 109 Å². The van der Waals surface area contributed by atoms with Gasteiger partial charge in [-0.15, -0.1) is 11.3 Å². The molecule has 0 spiro atoms. The summed E-state index contributed by atoms with van der Waals surface area (Å²) in [6.07, 6.45) is 7.55. The third kappa shape index (κ3) is 5.19. The lowest BCUT2D eigenvalue weighted by molar-refractivity contribution is -0.115. The molecule has 2 fully saturated rings. The number of aryl methyl sites for hydroxylation is 1. The van der Waals surface area contributed by atoms with Crippen LogP contribution < -0.4 is 10.6 Å². The van der Waals surface area contributed by atoms with Gasteiger partial charge in [0.25, 0.3) is 0 Å². The molecule has 4 atom stereocenters. The van der Waals surface area contributed by atoms with E-state index in [9.17, 15) is 9.59 Å². The van der Waals surface area contributed by atoms with Crippen molar-refractivity contribution in [3.63, 3.8) is 0 Å². The predicted molar refractivity (Wildman–Crippen MR) is 115 cm³/mol. The number of thiazole rings is 1. The number of H-pyrrole nitrogens is 1. The van der Waals surface area contributed by atoms with Crippen LogP contribution in [-0.2, 0) is 16.0 Å². The molecule has 0 bridgehead atoms. The Morgan fingerprint density at radius 3 is 2.90 bits per heavy atom. The molecule has 0 unspecified atom stereocenters. The number of alkyl carbamates (subject to hydrolysis) is 1. The summed E-state index contributed by atoms with van der Waals surface area (Å²) in [5.41, 5.74) is 0.967. The Morgan fingerprint density at radius 1 is 1.30 bits per heavy atom. The summed E-state index contributed by atoms with van der Waals surface area (Å²) < 4.78 is 5.65. The highest BCUT2D eigenvalue weighted by atomic mass is 32.1. The van der Waals surface area contributed by atoms with Crippen LogP contribution in [0, 0.1) is 12.8 Å². The van der Waals surface area contributed by atoms with Gasteiger partial charge in [0.1, 0.15) is 6.10 Å². The van der Waals surface area contributed by atoms with Crippen LogP contribution in [0.5, 0.6) is 0 Å². The van der Waals surface area contributed by atoms with Gasteiger partial charge < -0.3 is 15.4 Å². The Bertz CT molecular complexity index is 895. The first-order valence-electron chi connectivity index (χ1n) is 10.7. The van der Waals surface area contributed by atoms with Crippen molar-refractivity contribution in [2.24, 2.45) is 5.92 Å². The maximum atomic E-state index is 12.2. The van der Waals surface area contributed by atoms with Crippen molar-refractivity contribution >= 4 is 29.2 Å². The van der Waals surface area contributed by atoms with Gasteiger partial charge in [-0.25, -0.2) is 9.78 Å². The summed E-state index contributed by atoms with van der Waals surface area (Å²) in [5.74, 6) is 1.18. The number of ether oxygens (including phenoxy) is 1. The van der Waals surface area contributed by atoms with Crippen LogP contribution in [0.15, 0.2) is 12.3 Å². The lowest BCUT2D eigenvalue weighted by atomic mass is 10.0. The Kier molecular flexibility index (Phi) is 6.36. The van der Waals surface area contributed by atoms with E-state index in [0.717, 1.165) is 41.3 Å². The lowest BCUT2D eigenvalue weighted by Crippen LogP contribution is -2.38. The second-order valence-corrected chi connectivity index (χ2v) is 9.79. The van der Waals surface area contributed by atoms with Crippen LogP contribution >= 0.6 is 11.3 Å². The van der Waals surface area contributed by atoms with Crippen LogP contribution in [0.3, 0.4) is 0 Å². The molecule has 162 valence electrons. The van der Waals surface area contributed by atoms with Crippen molar-refractivity contribution in [2.75, 3.05) is 5.32 Å². The molecule has 9 heteroatoms. The van der Waals surface area contributed by atoms with Crippen molar-refractivity contribution in [1.82, 2.24) is 20.5 Å². The van der Waals surface area contributed by atoms with Gasteiger partial charge in [-0.1, -0.05) is 13.3 Å². The fourth-order valence-electron chi connectivity index (χ4n) is 4.47. The molecule has 0 radical (unpaired) electrons. The second-order valence-electron chi connectivity index (χ2n) is 8.48. The van der Waals surface area contributed by atoms with E-state index in [2.05, 4.69) is 32.7 Å². The average Bonchev–Trinajstić information content (AvgIpc) is 3.46. The second kappa shape index (κ2) is 9.16. The Balaban J connectivity index is 1.24. The SMILES string of the molecule is Cc1ncc(CC(=O)Nc2cc([C@H]3CC[C@@H](OC(=O)N[C@@H]4CCC[C@@H]4C)C3)[nH]n2)s1. The maximum absolute atomic E-state index is 12.2. The number of aromatic amines is 1. The Labute approximate surface area is 180 Å². The van der Waals surface area contributed by atoms with Gasteiger partial charge in [0, 0.05) is 34.8 Å². The highest BCUT2D eigenvalue weighted by Gasteiger charge is 2.31. The maximum Gasteiger partial charge on any atom is 0.407 e. The number of nitrogens with one attached hydrogen (secondary N) is 3. The molecule has 2 aromatic rings. The number of carbonyl (C=O) groups excluding carboxylic acids is 2. The Hall–Kier alpha value is -2.42. The van der Waals surface area contributed by atoms with Gasteiger partial charge in [0.05, 0.1) is 11.4 Å². The monoisotopic (exact) mass is 431 g/mol. The quantitative estimate of drug-likeness (QED) is 0.643. The number of amides is 2. The largest absolute Gasteiger partial charge is 0.446 e. The van der Waals surface area contributed by atoms with E-state index in [4.69, 9.17) is 4.74 Å². The van der Waals surface area contributed by atoms with Gasteiger partial charge in [0.2, 0.25) is 5.91 Å². The van der Waals surface area contributed by atoms with Crippen molar-refractivity contribution in [2.45, 2.75) is 76.9 Å². The molecule has 0 aromatic carbocycles. The fraction of sp³-hybridized carbons (Fsp3) is 0.619. The first-order valence-corrected chi connectivity index (χ1v) is 11.5.